The normalized spacial score (nSPS) is 11.9. The first-order chi connectivity index (χ1) is 9.51. The van der Waals surface area contributed by atoms with Gasteiger partial charge in [0.25, 0.3) is 16.4 Å². The average molecular weight is 304 g/mol. The van der Waals surface area contributed by atoms with Gasteiger partial charge in [-0.3, -0.25) is 4.55 Å². The second-order valence-corrected chi connectivity index (χ2v) is 6.73. The van der Waals surface area contributed by atoms with Crippen LogP contribution in [0.5, 0.6) is 0 Å². The minimum absolute atomic E-state index is 0.168. The lowest BCUT2D eigenvalue weighted by molar-refractivity contribution is -0.698. The van der Waals surface area contributed by atoms with Gasteiger partial charge in [0, 0.05) is 5.10 Å². The van der Waals surface area contributed by atoms with E-state index in [1.54, 1.807) is 6.33 Å². The topological polar surface area (TPSA) is 76.1 Å². The number of aromatic nitrogens is 3. The fourth-order valence-corrected chi connectivity index (χ4v) is 2.62. The van der Waals surface area contributed by atoms with Crippen molar-refractivity contribution in [3.63, 3.8) is 0 Å². The van der Waals surface area contributed by atoms with Crippen LogP contribution in [0.25, 0.3) is 0 Å². The van der Waals surface area contributed by atoms with Gasteiger partial charge >= 0.3 is 0 Å². The highest BCUT2D eigenvalue weighted by Crippen LogP contribution is 2.03. The largest absolute Gasteiger partial charge is 0.286 e. The maximum atomic E-state index is 10.6. The third-order valence-corrected chi connectivity index (χ3v) is 3.99. The first-order valence-corrected chi connectivity index (χ1v) is 8.99. The molecule has 1 aromatic heterocycles. The van der Waals surface area contributed by atoms with Crippen LogP contribution in [-0.2, 0) is 23.2 Å². The van der Waals surface area contributed by atoms with Crippen molar-refractivity contribution in [2.24, 2.45) is 0 Å². The van der Waals surface area contributed by atoms with Crippen LogP contribution < -0.4 is 4.57 Å². The van der Waals surface area contributed by atoms with Gasteiger partial charge in [0.15, 0.2) is 0 Å². The molecule has 0 fully saturated rings. The highest BCUT2D eigenvalue weighted by Gasteiger charge is 2.07. The molecule has 20 heavy (non-hydrogen) atoms. The minimum Gasteiger partial charge on any atom is -0.286 e. The Morgan fingerprint density at radius 1 is 1.15 bits per heavy atom. The number of nitrogens with zero attached hydrogens (tertiary/aromatic N) is 3. The van der Waals surface area contributed by atoms with Gasteiger partial charge in [-0.15, -0.1) is 4.68 Å². The van der Waals surface area contributed by atoms with E-state index in [1.165, 1.54) is 25.7 Å². The Hall–Kier alpha value is -0.950. The highest BCUT2D eigenvalue weighted by molar-refractivity contribution is 7.85. The number of hydrogen-bond donors (Lipinski definition) is 1. The van der Waals surface area contributed by atoms with Gasteiger partial charge < -0.3 is 0 Å². The van der Waals surface area contributed by atoms with E-state index in [4.69, 9.17) is 4.55 Å². The van der Waals surface area contributed by atoms with Gasteiger partial charge in [0.05, 0.1) is 12.3 Å². The summed E-state index contributed by atoms with van der Waals surface area (Å²) in [6, 6.07) is 0. The third kappa shape index (κ3) is 8.27. The van der Waals surface area contributed by atoms with Crippen molar-refractivity contribution in [3.05, 3.63) is 12.7 Å². The van der Waals surface area contributed by atoms with Gasteiger partial charge in [0.2, 0.25) is 6.33 Å². The summed E-state index contributed by atoms with van der Waals surface area (Å²) in [6.07, 6.45) is 11.1. The molecule has 1 heterocycles. The molecule has 0 amide bonds. The lowest BCUT2D eigenvalue weighted by Gasteiger charge is -1.97. The number of unbranched alkanes of at least 4 members (excludes halogenated alkanes) is 5. The predicted octanol–water partition coefficient (Wildman–Crippen LogP) is 1.81. The van der Waals surface area contributed by atoms with Crippen molar-refractivity contribution < 1.29 is 17.5 Å². The summed E-state index contributed by atoms with van der Waals surface area (Å²) in [4.78, 5) is 0. The molecule has 0 bridgehead atoms. The van der Waals surface area contributed by atoms with Crippen LogP contribution in [-0.4, -0.2) is 28.5 Å². The maximum absolute atomic E-state index is 10.6. The predicted molar refractivity (Wildman–Crippen MR) is 76.8 cm³/mol. The second kappa shape index (κ2) is 9.07. The molecule has 0 saturated carbocycles. The molecule has 6 nitrogen and oxygen atoms in total. The standard InChI is InChI=1S/C13H25N3O3S/c1-2-3-4-5-6-10-16-13-15(12-14-16)9-7-8-11-20(17,18)19/h12-13H,2-11H2,1H3/p+1. The Balaban J connectivity index is 2.16. The first-order valence-electron chi connectivity index (χ1n) is 7.38. The smallest absolute Gasteiger partial charge is 0.265 e. The van der Waals surface area contributed by atoms with Crippen molar-refractivity contribution in [1.29, 1.82) is 0 Å². The Bertz CT molecular complexity index is 471. The number of rotatable bonds is 11. The van der Waals surface area contributed by atoms with Crippen molar-refractivity contribution in [2.75, 3.05) is 5.75 Å². The van der Waals surface area contributed by atoms with Gasteiger partial charge in [-0.25, -0.2) is 4.57 Å². The molecule has 0 spiro atoms. The molecule has 0 radical (unpaired) electrons. The van der Waals surface area contributed by atoms with E-state index in [9.17, 15) is 8.42 Å². The average Bonchev–Trinajstić information content (AvgIpc) is 2.81. The first kappa shape index (κ1) is 17.1. The zero-order chi connectivity index (χ0) is 14.8. The fourth-order valence-electron chi connectivity index (χ4n) is 2.05. The molecular formula is C13H26N3O3S+. The van der Waals surface area contributed by atoms with Crippen LogP contribution in [0.2, 0.25) is 0 Å². The summed E-state index contributed by atoms with van der Waals surface area (Å²) in [5.41, 5.74) is 0. The Kier molecular flexibility index (Phi) is 7.76. The van der Waals surface area contributed by atoms with Crippen LogP contribution in [0.3, 0.4) is 0 Å². The van der Waals surface area contributed by atoms with Crippen molar-refractivity contribution in [2.45, 2.75) is 65.0 Å². The second-order valence-electron chi connectivity index (χ2n) is 5.15. The molecule has 0 atom stereocenters. The summed E-state index contributed by atoms with van der Waals surface area (Å²) >= 11 is 0. The molecule has 0 saturated heterocycles. The molecule has 0 aliphatic carbocycles. The van der Waals surface area contributed by atoms with Gasteiger partial charge in [-0.2, -0.15) is 8.42 Å². The summed E-state index contributed by atoms with van der Waals surface area (Å²) in [6.45, 7) is 3.87. The quantitative estimate of drug-likeness (QED) is 0.384. The molecule has 0 aliphatic rings. The molecule has 7 heteroatoms. The van der Waals surface area contributed by atoms with E-state index in [1.807, 2.05) is 15.6 Å². The molecule has 1 N–H and O–H groups in total. The van der Waals surface area contributed by atoms with Crippen LogP contribution >= 0.6 is 0 Å². The molecular weight excluding hydrogens is 278 g/mol. The molecule has 116 valence electrons. The molecule has 1 rings (SSSR count). The summed E-state index contributed by atoms with van der Waals surface area (Å²) in [7, 11) is -3.82. The van der Waals surface area contributed by atoms with Crippen molar-refractivity contribution in [3.8, 4) is 0 Å². The van der Waals surface area contributed by atoms with Crippen LogP contribution in [0.15, 0.2) is 12.7 Å². The van der Waals surface area contributed by atoms with E-state index in [2.05, 4.69) is 12.0 Å². The summed E-state index contributed by atoms with van der Waals surface area (Å²) in [5, 5.41) is 4.27. The zero-order valence-electron chi connectivity index (χ0n) is 12.2. The lowest BCUT2D eigenvalue weighted by atomic mass is 10.1. The lowest BCUT2D eigenvalue weighted by Crippen LogP contribution is -2.31. The van der Waals surface area contributed by atoms with Gasteiger partial charge in [-0.1, -0.05) is 32.6 Å². The monoisotopic (exact) mass is 304 g/mol. The Morgan fingerprint density at radius 2 is 1.90 bits per heavy atom. The third-order valence-electron chi connectivity index (χ3n) is 3.19. The Labute approximate surface area is 121 Å². The minimum atomic E-state index is -3.82. The Morgan fingerprint density at radius 3 is 2.60 bits per heavy atom. The van der Waals surface area contributed by atoms with E-state index in [0.29, 0.717) is 12.8 Å². The van der Waals surface area contributed by atoms with E-state index >= 15 is 0 Å². The van der Waals surface area contributed by atoms with Crippen LogP contribution in [0.1, 0.15) is 51.9 Å². The number of aryl methyl sites for hydroxylation is 2. The highest BCUT2D eigenvalue weighted by atomic mass is 32.2. The van der Waals surface area contributed by atoms with Crippen LogP contribution in [0.4, 0.5) is 0 Å². The molecule has 0 unspecified atom stereocenters. The van der Waals surface area contributed by atoms with Crippen molar-refractivity contribution in [1.82, 2.24) is 9.78 Å². The summed E-state index contributed by atoms with van der Waals surface area (Å²) < 4.78 is 33.7. The van der Waals surface area contributed by atoms with Gasteiger partial charge in [0.1, 0.15) is 6.54 Å². The molecule has 0 aromatic carbocycles. The SMILES string of the molecule is CCCCCCCn1c[n+](CCCCS(=O)(=O)O)cn1. The zero-order valence-corrected chi connectivity index (χ0v) is 13.1. The number of hydrogen-bond acceptors (Lipinski definition) is 3. The molecule has 1 aromatic rings. The fraction of sp³-hybridized carbons (Fsp3) is 0.846. The maximum Gasteiger partial charge on any atom is 0.265 e. The van der Waals surface area contributed by atoms with E-state index in [-0.39, 0.29) is 5.75 Å². The van der Waals surface area contributed by atoms with Crippen molar-refractivity contribution >= 4 is 10.1 Å². The van der Waals surface area contributed by atoms with Gasteiger partial charge in [-0.05, 0) is 19.3 Å². The molecule has 0 aliphatic heterocycles. The van der Waals surface area contributed by atoms with E-state index < -0.39 is 10.1 Å². The summed E-state index contributed by atoms with van der Waals surface area (Å²) in [5.74, 6) is -0.168. The van der Waals surface area contributed by atoms with Crippen LogP contribution in [0, 0.1) is 0 Å². The van der Waals surface area contributed by atoms with E-state index in [0.717, 1.165) is 19.5 Å².